The fourth-order valence-corrected chi connectivity index (χ4v) is 5.12. The zero-order chi connectivity index (χ0) is 16.4. The molecule has 0 spiro atoms. The van der Waals surface area contributed by atoms with Crippen molar-refractivity contribution in [3.63, 3.8) is 0 Å². The van der Waals surface area contributed by atoms with E-state index >= 15 is 0 Å². The van der Waals surface area contributed by atoms with Crippen LogP contribution in [0.5, 0.6) is 0 Å². The van der Waals surface area contributed by atoms with Crippen LogP contribution in [0.3, 0.4) is 0 Å². The highest BCUT2D eigenvalue weighted by molar-refractivity contribution is 7.91. The first-order valence-corrected chi connectivity index (χ1v) is 9.66. The lowest BCUT2D eigenvalue weighted by molar-refractivity contribution is -0.122. The molecule has 6 nitrogen and oxygen atoms in total. The summed E-state index contributed by atoms with van der Waals surface area (Å²) in [5.74, 6) is -0.670. The van der Waals surface area contributed by atoms with Crippen molar-refractivity contribution in [2.75, 3.05) is 11.5 Å². The third-order valence-electron chi connectivity index (χ3n) is 4.48. The number of hydrazine groups is 1. The number of sulfone groups is 1. The maximum absolute atomic E-state index is 12.1. The second kappa shape index (κ2) is 6.31. The summed E-state index contributed by atoms with van der Waals surface area (Å²) in [6, 6.07) is 5.59. The molecule has 1 unspecified atom stereocenters. The molecule has 0 aromatic heterocycles. The van der Waals surface area contributed by atoms with E-state index in [2.05, 4.69) is 10.9 Å². The average Bonchev–Trinajstić information content (AvgIpc) is 3.10. The van der Waals surface area contributed by atoms with Crippen molar-refractivity contribution in [1.29, 1.82) is 0 Å². The van der Waals surface area contributed by atoms with Crippen molar-refractivity contribution in [1.82, 2.24) is 10.9 Å². The van der Waals surface area contributed by atoms with Gasteiger partial charge in [-0.05, 0) is 54.9 Å². The third kappa shape index (κ3) is 3.90. The molecule has 124 valence electrons. The van der Waals surface area contributed by atoms with Crippen LogP contribution in [0.15, 0.2) is 18.2 Å². The Morgan fingerprint density at radius 2 is 1.91 bits per heavy atom. The van der Waals surface area contributed by atoms with Crippen molar-refractivity contribution in [3.8, 4) is 0 Å². The van der Waals surface area contributed by atoms with Crippen LogP contribution in [0.4, 0.5) is 0 Å². The van der Waals surface area contributed by atoms with Gasteiger partial charge in [0.15, 0.2) is 9.84 Å². The summed E-state index contributed by atoms with van der Waals surface area (Å²) in [4.78, 5) is 23.9. The first-order valence-electron chi connectivity index (χ1n) is 7.84. The zero-order valence-corrected chi connectivity index (χ0v) is 13.6. The molecule has 7 heteroatoms. The molecule has 0 saturated carbocycles. The molecule has 0 radical (unpaired) electrons. The SMILES string of the molecule is O=C(CC1CCS(=O)(=O)C1)NNC(=O)c1ccc2c(c1)CCC2. The highest BCUT2D eigenvalue weighted by Crippen LogP contribution is 2.23. The van der Waals surface area contributed by atoms with Crippen molar-refractivity contribution >= 4 is 21.7 Å². The van der Waals surface area contributed by atoms with E-state index in [1.165, 1.54) is 11.1 Å². The number of carbonyl (C=O) groups excluding carboxylic acids is 2. The minimum absolute atomic E-state index is 0.0548. The molecular weight excluding hydrogens is 316 g/mol. The van der Waals surface area contributed by atoms with Crippen molar-refractivity contribution < 1.29 is 18.0 Å². The lowest BCUT2D eigenvalue weighted by Crippen LogP contribution is -2.42. The quantitative estimate of drug-likeness (QED) is 0.797. The topological polar surface area (TPSA) is 92.3 Å². The number of nitrogens with one attached hydrogen (secondary N) is 2. The van der Waals surface area contributed by atoms with Gasteiger partial charge in [0.2, 0.25) is 5.91 Å². The lowest BCUT2D eigenvalue weighted by atomic mass is 10.1. The van der Waals surface area contributed by atoms with E-state index in [4.69, 9.17) is 0 Å². The molecule has 1 fully saturated rings. The van der Waals surface area contributed by atoms with E-state index < -0.39 is 9.84 Å². The Labute approximate surface area is 135 Å². The third-order valence-corrected chi connectivity index (χ3v) is 6.31. The molecule has 1 aromatic carbocycles. The zero-order valence-electron chi connectivity index (χ0n) is 12.8. The monoisotopic (exact) mass is 336 g/mol. The molecule has 1 heterocycles. The number of carbonyl (C=O) groups is 2. The molecule has 1 aliphatic carbocycles. The van der Waals surface area contributed by atoms with Crippen LogP contribution in [-0.4, -0.2) is 31.7 Å². The van der Waals surface area contributed by atoms with Crippen LogP contribution in [0.2, 0.25) is 0 Å². The van der Waals surface area contributed by atoms with Crippen LogP contribution in [0.25, 0.3) is 0 Å². The first kappa shape index (κ1) is 16.0. The predicted octanol–water partition coefficient (Wildman–Crippen LogP) is 0.761. The number of benzene rings is 1. The van der Waals surface area contributed by atoms with E-state index in [0.29, 0.717) is 12.0 Å². The molecule has 2 amide bonds. The number of aryl methyl sites for hydroxylation is 2. The summed E-state index contributed by atoms with van der Waals surface area (Å²) in [6.45, 7) is 0. The van der Waals surface area contributed by atoms with Gasteiger partial charge in [0.1, 0.15) is 0 Å². The van der Waals surface area contributed by atoms with Crippen molar-refractivity contribution in [2.24, 2.45) is 5.92 Å². The molecule has 2 aliphatic rings. The highest BCUT2D eigenvalue weighted by atomic mass is 32.2. The predicted molar refractivity (Wildman–Crippen MR) is 85.5 cm³/mol. The fourth-order valence-electron chi connectivity index (χ4n) is 3.26. The fraction of sp³-hybridized carbons (Fsp3) is 0.500. The van der Waals surface area contributed by atoms with Gasteiger partial charge in [-0.1, -0.05) is 6.07 Å². The molecule has 3 rings (SSSR count). The van der Waals surface area contributed by atoms with Crippen molar-refractivity contribution in [2.45, 2.75) is 32.1 Å². The molecule has 1 saturated heterocycles. The minimum Gasteiger partial charge on any atom is -0.273 e. The maximum atomic E-state index is 12.1. The summed E-state index contributed by atoms with van der Waals surface area (Å²) >= 11 is 0. The Morgan fingerprint density at radius 3 is 2.65 bits per heavy atom. The summed E-state index contributed by atoms with van der Waals surface area (Å²) in [7, 11) is -2.99. The summed E-state index contributed by atoms with van der Waals surface area (Å²) in [5.41, 5.74) is 7.77. The number of fused-ring (bicyclic) bond motifs is 1. The van der Waals surface area contributed by atoms with Gasteiger partial charge in [0.25, 0.3) is 5.91 Å². The standard InChI is InChI=1S/C16H20N2O4S/c19-15(8-11-6-7-23(21,22)10-11)17-18-16(20)14-5-4-12-2-1-3-13(12)9-14/h4-5,9,11H,1-3,6-8,10H2,(H,17,19)(H,18,20). The number of hydrogen-bond donors (Lipinski definition) is 2. The van der Waals surface area contributed by atoms with E-state index in [0.717, 1.165) is 19.3 Å². The summed E-state index contributed by atoms with van der Waals surface area (Å²) < 4.78 is 22.7. The molecule has 23 heavy (non-hydrogen) atoms. The van der Waals surface area contributed by atoms with Gasteiger partial charge < -0.3 is 0 Å². The van der Waals surface area contributed by atoms with Gasteiger partial charge >= 0.3 is 0 Å². The Balaban J connectivity index is 1.50. The van der Waals surface area contributed by atoms with E-state index in [1.807, 2.05) is 12.1 Å². The van der Waals surface area contributed by atoms with Crippen LogP contribution >= 0.6 is 0 Å². The second-order valence-corrected chi connectivity index (χ2v) is 8.54. The van der Waals surface area contributed by atoms with Gasteiger partial charge in [0, 0.05) is 12.0 Å². The number of rotatable bonds is 3. The van der Waals surface area contributed by atoms with Gasteiger partial charge in [-0.2, -0.15) is 0 Å². The Morgan fingerprint density at radius 1 is 1.13 bits per heavy atom. The minimum atomic E-state index is -2.99. The number of hydrogen-bond acceptors (Lipinski definition) is 4. The van der Waals surface area contributed by atoms with E-state index in [1.54, 1.807) is 6.07 Å². The summed E-state index contributed by atoms with van der Waals surface area (Å²) in [6.07, 6.45) is 3.77. The lowest BCUT2D eigenvalue weighted by Gasteiger charge is -2.10. The van der Waals surface area contributed by atoms with E-state index in [9.17, 15) is 18.0 Å². The molecule has 0 bridgehead atoms. The maximum Gasteiger partial charge on any atom is 0.269 e. The first-order chi connectivity index (χ1) is 10.9. The smallest absolute Gasteiger partial charge is 0.269 e. The van der Waals surface area contributed by atoms with Crippen LogP contribution in [0, 0.1) is 5.92 Å². The number of amides is 2. The Kier molecular flexibility index (Phi) is 4.39. The van der Waals surface area contributed by atoms with Gasteiger partial charge in [0.05, 0.1) is 11.5 Å². The Bertz CT molecular complexity index is 742. The van der Waals surface area contributed by atoms with Crippen LogP contribution < -0.4 is 10.9 Å². The van der Waals surface area contributed by atoms with Gasteiger partial charge in [-0.3, -0.25) is 20.4 Å². The molecule has 1 aliphatic heterocycles. The molecule has 2 N–H and O–H groups in total. The summed E-state index contributed by atoms with van der Waals surface area (Å²) in [5, 5.41) is 0. The average molecular weight is 336 g/mol. The second-order valence-electron chi connectivity index (χ2n) is 6.31. The van der Waals surface area contributed by atoms with Crippen LogP contribution in [0.1, 0.15) is 40.7 Å². The Hall–Kier alpha value is -1.89. The molecular formula is C16H20N2O4S. The van der Waals surface area contributed by atoms with Crippen molar-refractivity contribution in [3.05, 3.63) is 34.9 Å². The molecule has 1 aromatic rings. The van der Waals surface area contributed by atoms with Gasteiger partial charge in [-0.15, -0.1) is 0 Å². The van der Waals surface area contributed by atoms with Gasteiger partial charge in [-0.25, -0.2) is 8.42 Å². The largest absolute Gasteiger partial charge is 0.273 e. The normalized spacial score (nSPS) is 21.7. The van der Waals surface area contributed by atoms with E-state index in [-0.39, 0.29) is 35.7 Å². The molecule has 1 atom stereocenters. The highest BCUT2D eigenvalue weighted by Gasteiger charge is 2.29. The van der Waals surface area contributed by atoms with Crippen LogP contribution in [-0.2, 0) is 27.5 Å².